The molecule has 2 aromatic heterocycles. The molecule has 0 atom stereocenters. The van der Waals surface area contributed by atoms with Gasteiger partial charge in [0, 0.05) is 48.6 Å². The molecule has 2 amide bonds. The molecule has 31 heavy (non-hydrogen) atoms. The number of urea groups is 1. The normalized spacial score (nSPS) is 14.0. The van der Waals surface area contributed by atoms with Crippen LogP contribution in [-0.4, -0.2) is 34.2 Å². The van der Waals surface area contributed by atoms with E-state index < -0.39 is 0 Å². The average Bonchev–Trinajstić information content (AvgIpc) is 3.30. The summed E-state index contributed by atoms with van der Waals surface area (Å²) in [7, 11) is 0. The molecule has 8 heteroatoms. The van der Waals surface area contributed by atoms with E-state index in [4.69, 9.17) is 4.52 Å². The molecule has 3 aromatic rings. The molecule has 8 nitrogen and oxygen atoms in total. The Morgan fingerprint density at radius 1 is 1.13 bits per heavy atom. The number of amides is 2. The summed E-state index contributed by atoms with van der Waals surface area (Å²) in [5, 5.41) is 9.78. The van der Waals surface area contributed by atoms with Gasteiger partial charge in [-0.3, -0.25) is 0 Å². The van der Waals surface area contributed by atoms with Crippen LogP contribution in [0.25, 0.3) is 11.5 Å². The Labute approximate surface area is 182 Å². The molecule has 4 rings (SSSR count). The summed E-state index contributed by atoms with van der Waals surface area (Å²) in [5.41, 5.74) is 2.52. The predicted molar refractivity (Wildman–Crippen MR) is 120 cm³/mol. The minimum Gasteiger partial charge on any atom is -0.356 e. The number of hydrogen-bond acceptors (Lipinski definition) is 6. The lowest BCUT2D eigenvalue weighted by atomic mass is 10.1. The number of carbonyl (C=O) groups is 1. The molecule has 2 N–H and O–H groups in total. The fourth-order valence-electron chi connectivity index (χ4n) is 3.59. The maximum atomic E-state index is 12.4. The lowest BCUT2D eigenvalue weighted by Crippen LogP contribution is -2.33. The van der Waals surface area contributed by atoms with Gasteiger partial charge in [-0.1, -0.05) is 25.1 Å². The van der Waals surface area contributed by atoms with Crippen molar-refractivity contribution in [1.29, 1.82) is 0 Å². The molecular weight excluding hydrogens is 392 g/mol. The third-order valence-corrected chi connectivity index (χ3v) is 5.31. The van der Waals surface area contributed by atoms with Gasteiger partial charge < -0.3 is 20.1 Å². The number of carbonyl (C=O) groups excluding carboxylic acids is 1. The molecule has 162 valence electrons. The quantitative estimate of drug-likeness (QED) is 0.607. The summed E-state index contributed by atoms with van der Waals surface area (Å²) in [6.45, 7) is 6.48. The summed E-state index contributed by atoms with van der Waals surface area (Å²) < 4.78 is 5.31. The standard InChI is InChI=1S/C23H28N6O2/c1-16(2)20-27-22(31-28-20)17-8-10-19(11-9-17)26-23(30)25-15-18-7-6-12-24-21(18)29-13-4-3-5-14-29/h6-12,16H,3-5,13-15H2,1-2H3,(H2,25,26,30). The van der Waals surface area contributed by atoms with Crippen molar-refractivity contribution in [3.63, 3.8) is 0 Å². The van der Waals surface area contributed by atoms with Crippen molar-refractivity contribution in [3.05, 3.63) is 54.0 Å². The number of pyridine rings is 1. The molecule has 0 saturated carbocycles. The van der Waals surface area contributed by atoms with Gasteiger partial charge in [-0.25, -0.2) is 9.78 Å². The van der Waals surface area contributed by atoms with Gasteiger partial charge in [0.1, 0.15) is 5.82 Å². The molecule has 0 radical (unpaired) electrons. The maximum absolute atomic E-state index is 12.4. The van der Waals surface area contributed by atoms with E-state index in [-0.39, 0.29) is 11.9 Å². The van der Waals surface area contributed by atoms with Crippen LogP contribution in [-0.2, 0) is 6.54 Å². The van der Waals surface area contributed by atoms with E-state index in [1.807, 2.05) is 56.4 Å². The number of piperidine rings is 1. The van der Waals surface area contributed by atoms with Crippen molar-refractivity contribution in [2.75, 3.05) is 23.3 Å². The lowest BCUT2D eigenvalue weighted by Gasteiger charge is -2.29. The van der Waals surface area contributed by atoms with Crippen molar-refractivity contribution < 1.29 is 9.32 Å². The summed E-state index contributed by atoms with van der Waals surface area (Å²) >= 11 is 0. The van der Waals surface area contributed by atoms with Crippen LogP contribution < -0.4 is 15.5 Å². The van der Waals surface area contributed by atoms with Gasteiger partial charge in [0.05, 0.1) is 0 Å². The largest absolute Gasteiger partial charge is 0.356 e. The Bertz CT molecular complexity index is 1010. The Morgan fingerprint density at radius 3 is 2.61 bits per heavy atom. The molecule has 1 aliphatic heterocycles. The van der Waals surface area contributed by atoms with E-state index in [1.54, 1.807) is 0 Å². The first-order valence-electron chi connectivity index (χ1n) is 10.8. The molecule has 1 aliphatic rings. The zero-order valence-corrected chi connectivity index (χ0v) is 18.0. The van der Waals surface area contributed by atoms with Crippen LogP contribution in [0, 0.1) is 0 Å². The predicted octanol–water partition coefficient (Wildman–Crippen LogP) is 4.57. The molecule has 3 heterocycles. The second-order valence-corrected chi connectivity index (χ2v) is 8.03. The Morgan fingerprint density at radius 2 is 1.90 bits per heavy atom. The number of rotatable bonds is 6. The monoisotopic (exact) mass is 420 g/mol. The molecule has 1 aromatic carbocycles. The van der Waals surface area contributed by atoms with Crippen LogP contribution in [0.1, 0.15) is 50.4 Å². The van der Waals surface area contributed by atoms with Crippen molar-refractivity contribution in [3.8, 4) is 11.5 Å². The lowest BCUT2D eigenvalue weighted by molar-refractivity contribution is 0.251. The average molecular weight is 421 g/mol. The maximum Gasteiger partial charge on any atom is 0.319 e. The van der Waals surface area contributed by atoms with E-state index in [2.05, 4.69) is 30.7 Å². The van der Waals surface area contributed by atoms with Gasteiger partial charge in [0.25, 0.3) is 5.89 Å². The molecule has 1 saturated heterocycles. The van der Waals surface area contributed by atoms with E-state index in [0.29, 0.717) is 23.9 Å². The first-order chi connectivity index (χ1) is 15.1. The third-order valence-electron chi connectivity index (χ3n) is 5.31. The van der Waals surface area contributed by atoms with Gasteiger partial charge in [-0.15, -0.1) is 0 Å². The van der Waals surface area contributed by atoms with Gasteiger partial charge in [0.15, 0.2) is 5.82 Å². The van der Waals surface area contributed by atoms with Crippen molar-refractivity contribution in [2.24, 2.45) is 0 Å². The van der Waals surface area contributed by atoms with Crippen LogP contribution in [0.15, 0.2) is 47.1 Å². The van der Waals surface area contributed by atoms with Gasteiger partial charge in [0.2, 0.25) is 0 Å². The van der Waals surface area contributed by atoms with Crippen LogP contribution >= 0.6 is 0 Å². The Hall–Kier alpha value is -3.42. The molecule has 0 aliphatic carbocycles. The number of nitrogens with one attached hydrogen (secondary N) is 2. The minimum absolute atomic E-state index is 0.206. The topological polar surface area (TPSA) is 96.2 Å². The SMILES string of the molecule is CC(C)c1noc(-c2ccc(NC(=O)NCc3cccnc3N3CCCCC3)cc2)n1. The van der Waals surface area contributed by atoms with E-state index in [1.165, 1.54) is 19.3 Å². The molecule has 0 bridgehead atoms. The van der Waals surface area contributed by atoms with Crippen LogP contribution in [0.5, 0.6) is 0 Å². The highest BCUT2D eigenvalue weighted by Crippen LogP contribution is 2.23. The van der Waals surface area contributed by atoms with Crippen LogP contribution in [0.3, 0.4) is 0 Å². The first-order valence-corrected chi connectivity index (χ1v) is 10.8. The highest BCUT2D eigenvalue weighted by atomic mass is 16.5. The van der Waals surface area contributed by atoms with Crippen LogP contribution in [0.2, 0.25) is 0 Å². The zero-order chi connectivity index (χ0) is 21.6. The van der Waals surface area contributed by atoms with E-state index >= 15 is 0 Å². The fraction of sp³-hybridized carbons (Fsp3) is 0.391. The second kappa shape index (κ2) is 9.59. The zero-order valence-electron chi connectivity index (χ0n) is 18.0. The Balaban J connectivity index is 1.34. The van der Waals surface area contributed by atoms with Gasteiger partial charge in [-0.05, 0) is 49.6 Å². The minimum atomic E-state index is -0.263. The van der Waals surface area contributed by atoms with Crippen molar-refractivity contribution in [1.82, 2.24) is 20.4 Å². The summed E-state index contributed by atoms with van der Waals surface area (Å²) in [4.78, 5) is 23.7. The van der Waals surface area contributed by atoms with Gasteiger partial charge in [-0.2, -0.15) is 4.98 Å². The fourth-order valence-corrected chi connectivity index (χ4v) is 3.59. The van der Waals surface area contributed by atoms with Crippen molar-refractivity contribution in [2.45, 2.75) is 45.6 Å². The second-order valence-electron chi connectivity index (χ2n) is 8.03. The highest BCUT2D eigenvalue weighted by molar-refractivity contribution is 5.89. The summed E-state index contributed by atoms with van der Waals surface area (Å²) in [6, 6.07) is 11.0. The highest BCUT2D eigenvalue weighted by Gasteiger charge is 2.16. The summed E-state index contributed by atoms with van der Waals surface area (Å²) in [5.74, 6) is 2.32. The number of nitrogens with zero attached hydrogens (tertiary/aromatic N) is 4. The number of benzene rings is 1. The number of anilines is 2. The summed E-state index contributed by atoms with van der Waals surface area (Å²) in [6.07, 6.45) is 5.44. The third kappa shape index (κ3) is 5.20. The van der Waals surface area contributed by atoms with Crippen LogP contribution in [0.4, 0.5) is 16.3 Å². The van der Waals surface area contributed by atoms with Gasteiger partial charge >= 0.3 is 6.03 Å². The first kappa shape index (κ1) is 20.8. The molecule has 0 spiro atoms. The van der Waals surface area contributed by atoms with Crippen molar-refractivity contribution >= 4 is 17.5 Å². The smallest absolute Gasteiger partial charge is 0.319 e. The van der Waals surface area contributed by atoms with E-state index in [9.17, 15) is 4.79 Å². The van der Waals surface area contributed by atoms with E-state index in [0.717, 1.165) is 30.0 Å². The Kier molecular flexibility index (Phi) is 6.45. The molecule has 0 unspecified atom stereocenters. The number of aromatic nitrogens is 3. The molecule has 1 fully saturated rings. The number of hydrogen-bond donors (Lipinski definition) is 2. The molecular formula is C23H28N6O2.